The summed E-state index contributed by atoms with van der Waals surface area (Å²) in [5.74, 6) is 1.30. The van der Waals surface area contributed by atoms with E-state index in [1.807, 2.05) is 0 Å². The van der Waals surface area contributed by atoms with Crippen LogP contribution in [0.15, 0.2) is 12.2 Å². The molecule has 3 aliphatic rings. The van der Waals surface area contributed by atoms with Crippen molar-refractivity contribution in [2.45, 2.75) is 63.8 Å². The summed E-state index contributed by atoms with van der Waals surface area (Å²) in [4.78, 5) is 0. The molecule has 0 unspecified atom stereocenters. The topological polar surface area (TPSA) is 18.5 Å². The van der Waals surface area contributed by atoms with Crippen LogP contribution in [-0.4, -0.2) is 23.9 Å². The van der Waals surface area contributed by atoms with Crippen LogP contribution in [0.1, 0.15) is 46.5 Å². The van der Waals surface area contributed by atoms with Crippen LogP contribution in [0.3, 0.4) is 0 Å². The van der Waals surface area contributed by atoms with Crippen molar-refractivity contribution in [2.24, 2.45) is 11.8 Å². The lowest BCUT2D eigenvalue weighted by Gasteiger charge is -2.34. The highest BCUT2D eigenvalue weighted by Crippen LogP contribution is 2.57. The van der Waals surface area contributed by atoms with Crippen molar-refractivity contribution in [3.8, 4) is 0 Å². The van der Waals surface area contributed by atoms with Crippen LogP contribution >= 0.6 is 0 Å². The molecule has 0 radical (unpaired) electrons. The van der Waals surface area contributed by atoms with Crippen LogP contribution in [0, 0.1) is 11.8 Å². The van der Waals surface area contributed by atoms with Gasteiger partial charge >= 0.3 is 0 Å². The third-order valence-electron chi connectivity index (χ3n) is 4.95. The maximum absolute atomic E-state index is 6.36. The van der Waals surface area contributed by atoms with E-state index in [1.165, 1.54) is 18.4 Å². The molecule has 0 amide bonds. The molecule has 2 heterocycles. The molecule has 2 aliphatic heterocycles. The van der Waals surface area contributed by atoms with E-state index in [2.05, 4.69) is 27.4 Å². The van der Waals surface area contributed by atoms with Crippen LogP contribution in [-0.2, 0) is 9.47 Å². The maximum Gasteiger partial charge on any atom is 0.110 e. The van der Waals surface area contributed by atoms with Crippen molar-refractivity contribution < 1.29 is 9.47 Å². The molecule has 3 rings (SSSR count). The summed E-state index contributed by atoms with van der Waals surface area (Å²) in [5.41, 5.74) is 0.973. The van der Waals surface area contributed by atoms with E-state index in [9.17, 15) is 0 Å². The average molecular weight is 236 g/mol. The van der Waals surface area contributed by atoms with Gasteiger partial charge in [0.25, 0.3) is 0 Å². The van der Waals surface area contributed by atoms with Crippen molar-refractivity contribution in [2.75, 3.05) is 6.61 Å². The zero-order chi connectivity index (χ0) is 12.3. The highest BCUT2D eigenvalue weighted by Gasteiger charge is 2.63. The number of ether oxygens (including phenoxy) is 2. The van der Waals surface area contributed by atoms with Gasteiger partial charge in [-0.3, -0.25) is 0 Å². The molecule has 0 aromatic heterocycles. The van der Waals surface area contributed by atoms with E-state index in [-0.39, 0.29) is 17.3 Å². The van der Waals surface area contributed by atoms with Gasteiger partial charge in [0, 0.05) is 0 Å². The van der Waals surface area contributed by atoms with Gasteiger partial charge in [-0.2, -0.15) is 0 Å². The molecule has 2 saturated heterocycles. The molecule has 2 nitrogen and oxygen atoms in total. The lowest BCUT2D eigenvalue weighted by Crippen LogP contribution is -2.41. The van der Waals surface area contributed by atoms with Crippen molar-refractivity contribution in [3.63, 3.8) is 0 Å². The molecule has 1 saturated carbocycles. The Hall–Kier alpha value is -0.340. The van der Waals surface area contributed by atoms with Crippen LogP contribution in [0.25, 0.3) is 0 Å². The van der Waals surface area contributed by atoms with Gasteiger partial charge in [0.2, 0.25) is 0 Å². The minimum atomic E-state index is -0.115. The van der Waals surface area contributed by atoms with Crippen LogP contribution in [0.5, 0.6) is 0 Å². The first-order chi connectivity index (χ1) is 7.98. The smallest absolute Gasteiger partial charge is 0.110 e. The standard InChI is InChI=1S/C15H24O2/c1-10(2)15-8-7-14(4,17-15)13(11(15)3)16-9-12-5-6-12/h10,12-13H,3,5-9H2,1-2,4H3/t13-,14+,15+/m1/s1. The summed E-state index contributed by atoms with van der Waals surface area (Å²) < 4.78 is 12.5. The highest BCUT2D eigenvalue weighted by molar-refractivity contribution is 5.33. The Bertz CT molecular complexity index is 345. The fourth-order valence-electron chi connectivity index (χ4n) is 3.52. The Labute approximate surface area is 104 Å². The molecule has 0 N–H and O–H groups in total. The summed E-state index contributed by atoms with van der Waals surface area (Å²) in [6.07, 6.45) is 5.03. The van der Waals surface area contributed by atoms with Gasteiger partial charge in [-0.25, -0.2) is 0 Å². The Morgan fingerprint density at radius 2 is 2.12 bits per heavy atom. The molecule has 0 spiro atoms. The number of hydrogen-bond acceptors (Lipinski definition) is 2. The first-order valence-electron chi connectivity index (χ1n) is 6.99. The van der Waals surface area contributed by atoms with Crippen molar-refractivity contribution in [1.29, 1.82) is 0 Å². The molecule has 1 aliphatic carbocycles. The molecule has 2 heteroatoms. The average Bonchev–Trinajstić information content (AvgIpc) is 2.96. The summed E-state index contributed by atoms with van der Waals surface area (Å²) in [7, 11) is 0. The van der Waals surface area contributed by atoms with E-state index >= 15 is 0 Å². The predicted molar refractivity (Wildman–Crippen MR) is 67.9 cm³/mol. The fourth-order valence-corrected chi connectivity index (χ4v) is 3.52. The molecule has 2 bridgehead atoms. The Morgan fingerprint density at radius 1 is 1.41 bits per heavy atom. The molecule has 17 heavy (non-hydrogen) atoms. The van der Waals surface area contributed by atoms with Gasteiger partial charge in [0.05, 0.1) is 17.8 Å². The Balaban J connectivity index is 1.78. The highest BCUT2D eigenvalue weighted by atomic mass is 16.6. The summed E-state index contributed by atoms with van der Waals surface area (Å²) in [5, 5.41) is 0. The number of rotatable bonds is 4. The van der Waals surface area contributed by atoms with Gasteiger partial charge in [-0.1, -0.05) is 20.4 Å². The summed E-state index contributed by atoms with van der Waals surface area (Å²) in [6, 6.07) is 0. The number of hydrogen-bond donors (Lipinski definition) is 0. The van der Waals surface area contributed by atoms with E-state index in [1.54, 1.807) is 0 Å². The second kappa shape index (κ2) is 3.58. The van der Waals surface area contributed by atoms with Crippen molar-refractivity contribution in [3.05, 3.63) is 12.2 Å². The second-order valence-corrected chi connectivity index (χ2v) is 6.64. The predicted octanol–water partition coefficient (Wildman–Crippen LogP) is 3.32. The number of fused-ring (bicyclic) bond motifs is 2. The summed E-state index contributed by atoms with van der Waals surface area (Å²) >= 11 is 0. The molecule has 0 aromatic carbocycles. The normalized spacial score (nSPS) is 44.9. The van der Waals surface area contributed by atoms with E-state index < -0.39 is 0 Å². The van der Waals surface area contributed by atoms with Gasteiger partial charge in [0.1, 0.15) is 6.10 Å². The monoisotopic (exact) mass is 236 g/mol. The quantitative estimate of drug-likeness (QED) is 0.697. The Kier molecular flexibility index (Phi) is 2.47. The molecule has 0 aromatic rings. The third kappa shape index (κ3) is 1.61. The maximum atomic E-state index is 6.36. The van der Waals surface area contributed by atoms with E-state index in [4.69, 9.17) is 9.47 Å². The van der Waals surface area contributed by atoms with Gasteiger partial charge in [-0.05, 0) is 50.0 Å². The molecule has 3 fully saturated rings. The van der Waals surface area contributed by atoms with Gasteiger partial charge in [-0.15, -0.1) is 0 Å². The van der Waals surface area contributed by atoms with Gasteiger partial charge in [0.15, 0.2) is 0 Å². The largest absolute Gasteiger partial charge is 0.370 e. The van der Waals surface area contributed by atoms with Gasteiger partial charge < -0.3 is 9.47 Å². The van der Waals surface area contributed by atoms with Crippen molar-refractivity contribution in [1.82, 2.24) is 0 Å². The van der Waals surface area contributed by atoms with Crippen LogP contribution in [0.2, 0.25) is 0 Å². The minimum absolute atomic E-state index is 0.108. The van der Waals surface area contributed by atoms with Crippen LogP contribution < -0.4 is 0 Å². The van der Waals surface area contributed by atoms with E-state index in [0.717, 1.165) is 25.4 Å². The SMILES string of the molecule is C=C1[C@@H](OCC2CC2)[C@]2(C)CC[C@@]1(C(C)C)O2. The molecular formula is C15H24O2. The van der Waals surface area contributed by atoms with Crippen LogP contribution in [0.4, 0.5) is 0 Å². The molecular weight excluding hydrogens is 212 g/mol. The van der Waals surface area contributed by atoms with E-state index in [0.29, 0.717) is 5.92 Å². The lowest BCUT2D eigenvalue weighted by molar-refractivity contribution is -0.0940. The fraction of sp³-hybridized carbons (Fsp3) is 0.867. The molecule has 96 valence electrons. The first kappa shape index (κ1) is 11.7. The molecule has 3 atom stereocenters. The minimum Gasteiger partial charge on any atom is -0.370 e. The zero-order valence-electron chi connectivity index (χ0n) is 11.3. The second-order valence-electron chi connectivity index (χ2n) is 6.64. The Morgan fingerprint density at radius 3 is 2.65 bits per heavy atom. The zero-order valence-corrected chi connectivity index (χ0v) is 11.3. The third-order valence-corrected chi connectivity index (χ3v) is 4.95. The first-order valence-corrected chi connectivity index (χ1v) is 6.99. The lowest BCUT2D eigenvalue weighted by atomic mass is 9.72. The summed E-state index contributed by atoms with van der Waals surface area (Å²) in [6.45, 7) is 11.9. The van der Waals surface area contributed by atoms with Crippen molar-refractivity contribution >= 4 is 0 Å².